The van der Waals surface area contributed by atoms with Gasteiger partial charge in [0.15, 0.2) is 0 Å². The van der Waals surface area contributed by atoms with Gasteiger partial charge in [0.2, 0.25) is 0 Å². The van der Waals surface area contributed by atoms with Gasteiger partial charge in [0, 0.05) is 6.42 Å². The SMILES string of the molecule is COc1ccc(/C(Cc2ccccc2)=N/NS(=O)(=O)c2ccc(C)cc2)cc1. The highest BCUT2D eigenvalue weighted by molar-refractivity contribution is 7.89. The molecule has 0 fully saturated rings. The third kappa shape index (κ3) is 4.98. The van der Waals surface area contributed by atoms with Crippen molar-refractivity contribution >= 4 is 15.7 Å². The van der Waals surface area contributed by atoms with Crippen LogP contribution in [0.5, 0.6) is 5.75 Å². The molecule has 0 saturated carbocycles. The van der Waals surface area contributed by atoms with Gasteiger partial charge in [-0.05, 0) is 54.4 Å². The third-order valence-electron chi connectivity index (χ3n) is 4.27. The maximum Gasteiger partial charge on any atom is 0.276 e. The van der Waals surface area contributed by atoms with Crippen molar-refractivity contribution in [1.29, 1.82) is 0 Å². The fraction of sp³-hybridized carbons (Fsp3) is 0.136. The number of hydrogen-bond acceptors (Lipinski definition) is 4. The Balaban J connectivity index is 1.91. The molecule has 0 aliphatic carbocycles. The first kappa shape index (κ1) is 19.6. The molecule has 0 saturated heterocycles. The second-order valence-corrected chi connectivity index (χ2v) is 8.02. The molecule has 0 radical (unpaired) electrons. The molecular weight excluding hydrogens is 372 g/mol. The molecule has 3 aromatic rings. The normalized spacial score (nSPS) is 11.9. The number of aryl methyl sites for hydroxylation is 1. The summed E-state index contributed by atoms with van der Waals surface area (Å²) in [6, 6.07) is 23.8. The van der Waals surface area contributed by atoms with E-state index in [9.17, 15) is 8.42 Å². The van der Waals surface area contributed by atoms with Crippen molar-refractivity contribution < 1.29 is 13.2 Å². The third-order valence-corrected chi connectivity index (χ3v) is 5.49. The largest absolute Gasteiger partial charge is 0.497 e. The molecule has 6 heteroatoms. The van der Waals surface area contributed by atoms with Gasteiger partial charge in [0.05, 0.1) is 17.7 Å². The summed E-state index contributed by atoms with van der Waals surface area (Å²) < 4.78 is 30.4. The van der Waals surface area contributed by atoms with E-state index in [4.69, 9.17) is 4.74 Å². The molecule has 3 aromatic carbocycles. The Kier molecular flexibility index (Phi) is 6.11. The van der Waals surface area contributed by atoms with E-state index in [-0.39, 0.29) is 4.90 Å². The number of hydrazone groups is 1. The lowest BCUT2D eigenvalue weighted by Gasteiger charge is -2.10. The molecule has 5 nitrogen and oxygen atoms in total. The topological polar surface area (TPSA) is 67.8 Å². The van der Waals surface area contributed by atoms with Crippen LogP contribution in [0.2, 0.25) is 0 Å². The first-order valence-corrected chi connectivity index (χ1v) is 10.3. The van der Waals surface area contributed by atoms with Crippen molar-refractivity contribution in [2.75, 3.05) is 7.11 Å². The zero-order valence-electron chi connectivity index (χ0n) is 15.8. The molecule has 0 aliphatic rings. The Bertz CT molecular complexity index is 1040. The molecule has 0 amide bonds. The Labute approximate surface area is 165 Å². The highest BCUT2D eigenvalue weighted by Crippen LogP contribution is 2.15. The minimum absolute atomic E-state index is 0.177. The molecule has 0 bridgehead atoms. The van der Waals surface area contributed by atoms with Crippen LogP contribution in [0.4, 0.5) is 0 Å². The fourth-order valence-electron chi connectivity index (χ4n) is 2.66. The molecule has 0 spiro atoms. The van der Waals surface area contributed by atoms with Crippen molar-refractivity contribution in [3.63, 3.8) is 0 Å². The van der Waals surface area contributed by atoms with Gasteiger partial charge < -0.3 is 4.74 Å². The number of rotatable bonds is 7. The van der Waals surface area contributed by atoms with Gasteiger partial charge in [-0.15, -0.1) is 0 Å². The summed E-state index contributed by atoms with van der Waals surface area (Å²) >= 11 is 0. The van der Waals surface area contributed by atoms with Gasteiger partial charge in [0.1, 0.15) is 5.75 Å². The molecule has 28 heavy (non-hydrogen) atoms. The smallest absolute Gasteiger partial charge is 0.276 e. The van der Waals surface area contributed by atoms with E-state index < -0.39 is 10.0 Å². The molecule has 0 atom stereocenters. The van der Waals surface area contributed by atoms with E-state index in [2.05, 4.69) is 9.93 Å². The summed E-state index contributed by atoms with van der Waals surface area (Å²) in [4.78, 5) is 2.55. The van der Waals surface area contributed by atoms with Crippen LogP contribution in [0.1, 0.15) is 16.7 Å². The second kappa shape index (κ2) is 8.71. The Morgan fingerprint density at radius 3 is 2.18 bits per heavy atom. The van der Waals surface area contributed by atoms with Gasteiger partial charge in [-0.2, -0.15) is 18.4 Å². The van der Waals surface area contributed by atoms with Crippen molar-refractivity contribution in [2.45, 2.75) is 18.2 Å². The molecule has 0 aliphatic heterocycles. The number of nitrogens with one attached hydrogen (secondary N) is 1. The van der Waals surface area contributed by atoms with Crippen LogP contribution < -0.4 is 9.57 Å². The van der Waals surface area contributed by atoms with Crippen LogP contribution >= 0.6 is 0 Å². The lowest BCUT2D eigenvalue weighted by Crippen LogP contribution is -2.21. The van der Waals surface area contributed by atoms with Crippen LogP contribution in [-0.4, -0.2) is 21.2 Å². The van der Waals surface area contributed by atoms with E-state index >= 15 is 0 Å². The van der Waals surface area contributed by atoms with Crippen molar-refractivity contribution in [1.82, 2.24) is 4.83 Å². The van der Waals surface area contributed by atoms with Crippen LogP contribution in [0.3, 0.4) is 0 Å². The maximum absolute atomic E-state index is 12.6. The lowest BCUT2D eigenvalue weighted by molar-refractivity contribution is 0.415. The molecule has 3 rings (SSSR count). The summed E-state index contributed by atoms with van der Waals surface area (Å²) in [6.45, 7) is 1.91. The van der Waals surface area contributed by atoms with Gasteiger partial charge >= 0.3 is 0 Å². The zero-order valence-corrected chi connectivity index (χ0v) is 16.6. The van der Waals surface area contributed by atoms with Crippen LogP contribution in [0.15, 0.2) is 88.9 Å². The van der Waals surface area contributed by atoms with E-state index in [1.54, 1.807) is 31.4 Å². The van der Waals surface area contributed by atoms with E-state index in [1.165, 1.54) is 0 Å². The van der Waals surface area contributed by atoms with Crippen LogP contribution in [0, 0.1) is 6.92 Å². The average molecular weight is 394 g/mol. The predicted molar refractivity (Wildman–Crippen MR) is 111 cm³/mol. The first-order chi connectivity index (χ1) is 13.5. The summed E-state index contributed by atoms with van der Waals surface area (Å²) in [7, 11) is -2.15. The number of hydrogen-bond donors (Lipinski definition) is 1. The average Bonchev–Trinajstić information content (AvgIpc) is 2.72. The minimum atomic E-state index is -3.75. The monoisotopic (exact) mass is 394 g/mol. The zero-order chi connectivity index (χ0) is 20.0. The maximum atomic E-state index is 12.6. The first-order valence-electron chi connectivity index (χ1n) is 8.81. The van der Waals surface area contributed by atoms with Gasteiger partial charge in [0.25, 0.3) is 10.0 Å². The Morgan fingerprint density at radius 1 is 0.929 bits per heavy atom. The molecule has 0 unspecified atom stereocenters. The number of nitrogens with zero attached hydrogens (tertiary/aromatic N) is 1. The van der Waals surface area contributed by atoms with Crippen LogP contribution in [0.25, 0.3) is 0 Å². The fourth-order valence-corrected chi connectivity index (χ4v) is 3.49. The Morgan fingerprint density at radius 2 is 1.57 bits per heavy atom. The van der Waals surface area contributed by atoms with Crippen LogP contribution in [-0.2, 0) is 16.4 Å². The summed E-state index contributed by atoms with van der Waals surface area (Å²) in [5.41, 5.74) is 3.46. The molecule has 0 heterocycles. The second-order valence-electron chi connectivity index (χ2n) is 6.36. The van der Waals surface area contributed by atoms with Gasteiger partial charge in [-0.3, -0.25) is 0 Å². The van der Waals surface area contributed by atoms with Gasteiger partial charge in [-0.1, -0.05) is 48.0 Å². The number of sulfonamides is 1. The highest BCUT2D eigenvalue weighted by Gasteiger charge is 2.14. The molecule has 144 valence electrons. The quantitative estimate of drug-likeness (QED) is 0.488. The number of methoxy groups -OCH3 is 1. The summed E-state index contributed by atoms with van der Waals surface area (Å²) in [5.74, 6) is 0.725. The van der Waals surface area contributed by atoms with Gasteiger partial charge in [-0.25, -0.2) is 0 Å². The van der Waals surface area contributed by atoms with Crippen molar-refractivity contribution in [3.05, 3.63) is 95.6 Å². The van der Waals surface area contributed by atoms with Crippen molar-refractivity contribution in [3.8, 4) is 5.75 Å². The number of ether oxygens (including phenoxy) is 1. The predicted octanol–water partition coefficient (Wildman–Crippen LogP) is 3.93. The Hall–Kier alpha value is -3.12. The van der Waals surface area contributed by atoms with E-state index in [1.807, 2.05) is 61.5 Å². The van der Waals surface area contributed by atoms with Crippen molar-refractivity contribution in [2.24, 2.45) is 5.10 Å². The standard InChI is InChI=1S/C22H22N2O3S/c1-17-8-14-21(15-9-17)28(25,26)24-23-22(16-18-6-4-3-5-7-18)19-10-12-20(27-2)13-11-19/h3-15,24H,16H2,1-2H3/b23-22+. The van der Waals surface area contributed by atoms with E-state index in [0.29, 0.717) is 12.1 Å². The summed E-state index contributed by atoms with van der Waals surface area (Å²) in [5, 5.41) is 4.25. The lowest BCUT2D eigenvalue weighted by atomic mass is 10.0. The molecule has 0 aromatic heterocycles. The molecular formula is C22H22N2O3S. The number of benzene rings is 3. The summed E-state index contributed by atoms with van der Waals surface area (Å²) in [6.07, 6.45) is 0.490. The molecule has 1 N–H and O–H groups in total. The highest BCUT2D eigenvalue weighted by atomic mass is 32.2. The minimum Gasteiger partial charge on any atom is -0.497 e. The van der Waals surface area contributed by atoms with E-state index in [0.717, 1.165) is 22.4 Å².